The molecule has 0 fully saturated rings. The number of benzene rings is 3. The van der Waals surface area contributed by atoms with Crippen LogP contribution in [0, 0.1) is 11.3 Å². The number of aliphatic hydroxyl groups is 1. The Kier molecular flexibility index (Phi) is 14.0. The Hall–Kier alpha value is -3.77. The molecule has 0 saturated carbocycles. The number of hydrogen-bond acceptors (Lipinski definition) is 7. The normalized spacial score (nSPS) is 14.0. The quantitative estimate of drug-likeness (QED) is 0.172. The molecular formula is C36H50N4O6S. The van der Waals surface area contributed by atoms with E-state index in [4.69, 9.17) is 4.74 Å². The summed E-state index contributed by atoms with van der Waals surface area (Å²) in [6, 6.07) is 23.4. The minimum absolute atomic E-state index is 0.0121. The van der Waals surface area contributed by atoms with Gasteiger partial charge in [-0.25, -0.2) is 8.42 Å². The molecule has 3 rings (SSSR count). The van der Waals surface area contributed by atoms with Crippen molar-refractivity contribution in [3.8, 4) is 5.75 Å². The van der Waals surface area contributed by atoms with E-state index in [9.17, 15) is 23.1 Å². The molecule has 11 heteroatoms. The zero-order valence-electron chi connectivity index (χ0n) is 28.3. The topological polar surface area (TPSA) is 137 Å². The molecule has 0 radical (unpaired) electrons. The van der Waals surface area contributed by atoms with Crippen LogP contribution in [0.4, 0.5) is 0 Å². The maximum absolute atomic E-state index is 13.9. The minimum atomic E-state index is -3.99. The van der Waals surface area contributed by atoms with Gasteiger partial charge in [0.2, 0.25) is 21.8 Å². The summed E-state index contributed by atoms with van der Waals surface area (Å²) in [4.78, 5) is 26.9. The van der Waals surface area contributed by atoms with Crippen molar-refractivity contribution in [1.29, 1.82) is 0 Å². The Morgan fingerprint density at radius 2 is 1.43 bits per heavy atom. The van der Waals surface area contributed by atoms with E-state index in [1.54, 1.807) is 12.1 Å². The molecule has 0 aliphatic heterocycles. The molecule has 0 bridgehead atoms. The molecule has 256 valence electrons. The van der Waals surface area contributed by atoms with E-state index in [-0.39, 0.29) is 42.8 Å². The highest BCUT2D eigenvalue weighted by Crippen LogP contribution is 2.23. The van der Waals surface area contributed by atoms with Gasteiger partial charge in [0.25, 0.3) is 0 Å². The fourth-order valence-corrected chi connectivity index (χ4v) is 6.75. The summed E-state index contributed by atoms with van der Waals surface area (Å²) in [6.45, 7) is 9.77. The van der Waals surface area contributed by atoms with Crippen molar-refractivity contribution in [3.05, 3.63) is 96.1 Å². The molecule has 3 aromatic rings. The van der Waals surface area contributed by atoms with Crippen LogP contribution in [0.15, 0.2) is 89.8 Å². The SMILES string of the molecule is COc1ccc(S(=O)(=O)N(CC(C)C)CC(O)C(Cc2ccccc2)NC(=O)C(NC(=O)CNCc2ccccc2)C(C)(C)C)cc1. The second-order valence-electron chi connectivity index (χ2n) is 13.2. The van der Waals surface area contributed by atoms with Crippen molar-refractivity contribution in [1.82, 2.24) is 20.3 Å². The number of aliphatic hydroxyl groups excluding tert-OH is 1. The fraction of sp³-hybridized carbons (Fsp3) is 0.444. The molecule has 2 amide bonds. The monoisotopic (exact) mass is 666 g/mol. The van der Waals surface area contributed by atoms with Crippen LogP contribution in [0.2, 0.25) is 0 Å². The van der Waals surface area contributed by atoms with Crippen LogP contribution >= 0.6 is 0 Å². The predicted molar refractivity (Wildman–Crippen MR) is 184 cm³/mol. The van der Waals surface area contributed by atoms with Gasteiger partial charge in [-0.05, 0) is 53.1 Å². The van der Waals surface area contributed by atoms with Gasteiger partial charge in [-0.1, -0.05) is 95.3 Å². The van der Waals surface area contributed by atoms with E-state index >= 15 is 0 Å². The number of amides is 2. The number of hydrogen-bond donors (Lipinski definition) is 4. The number of nitrogens with one attached hydrogen (secondary N) is 3. The van der Waals surface area contributed by atoms with Crippen LogP contribution < -0.4 is 20.7 Å². The highest BCUT2D eigenvalue weighted by Gasteiger charge is 2.36. The van der Waals surface area contributed by atoms with Gasteiger partial charge in [-0.3, -0.25) is 9.59 Å². The molecule has 4 N–H and O–H groups in total. The maximum Gasteiger partial charge on any atom is 0.243 e. The second-order valence-corrected chi connectivity index (χ2v) is 15.2. The smallest absolute Gasteiger partial charge is 0.243 e. The Bertz CT molecular complexity index is 1510. The van der Waals surface area contributed by atoms with E-state index in [0.717, 1.165) is 11.1 Å². The summed E-state index contributed by atoms with van der Waals surface area (Å²) in [5.74, 6) is -0.321. The fourth-order valence-electron chi connectivity index (χ4n) is 5.13. The molecule has 0 aliphatic rings. The number of methoxy groups -OCH3 is 1. The van der Waals surface area contributed by atoms with Gasteiger partial charge in [-0.2, -0.15) is 4.31 Å². The number of nitrogens with zero attached hydrogens (tertiary/aromatic N) is 1. The maximum atomic E-state index is 13.9. The molecule has 0 spiro atoms. The van der Waals surface area contributed by atoms with Gasteiger partial charge in [0.15, 0.2) is 0 Å². The lowest BCUT2D eigenvalue weighted by atomic mass is 9.85. The van der Waals surface area contributed by atoms with Crippen molar-refractivity contribution in [3.63, 3.8) is 0 Å². The highest BCUT2D eigenvalue weighted by atomic mass is 32.2. The van der Waals surface area contributed by atoms with E-state index in [2.05, 4.69) is 16.0 Å². The first-order valence-corrected chi connectivity index (χ1v) is 17.3. The average molecular weight is 667 g/mol. The van der Waals surface area contributed by atoms with Crippen molar-refractivity contribution >= 4 is 21.8 Å². The molecule has 0 aromatic heterocycles. The molecule has 3 unspecified atom stereocenters. The van der Waals surface area contributed by atoms with Crippen molar-refractivity contribution in [2.75, 3.05) is 26.7 Å². The van der Waals surface area contributed by atoms with Crippen LogP contribution in [0.5, 0.6) is 5.75 Å². The van der Waals surface area contributed by atoms with E-state index in [1.807, 2.05) is 95.3 Å². The molecular weight excluding hydrogens is 616 g/mol. The van der Waals surface area contributed by atoms with E-state index < -0.39 is 39.5 Å². The standard InChI is InChI=1S/C36H50N4O6S/c1-26(2)24-40(47(44,45)30-19-17-29(46-6)18-20-30)25-32(41)31(21-27-13-9-7-10-14-27)38-35(43)34(36(3,4)5)39-33(42)23-37-22-28-15-11-8-12-16-28/h7-20,26,31-32,34,37,41H,21-25H2,1-6H3,(H,38,43)(H,39,42). The minimum Gasteiger partial charge on any atom is -0.497 e. The summed E-state index contributed by atoms with van der Waals surface area (Å²) in [5.41, 5.74) is 1.22. The van der Waals surface area contributed by atoms with E-state index in [1.165, 1.54) is 23.5 Å². The van der Waals surface area contributed by atoms with Gasteiger partial charge >= 0.3 is 0 Å². The number of carbonyl (C=O) groups is 2. The Morgan fingerprint density at radius 1 is 0.851 bits per heavy atom. The summed E-state index contributed by atoms with van der Waals surface area (Å²) >= 11 is 0. The number of rotatable bonds is 17. The molecule has 3 aromatic carbocycles. The van der Waals surface area contributed by atoms with Crippen LogP contribution in [-0.2, 0) is 32.6 Å². The predicted octanol–water partition coefficient (Wildman–Crippen LogP) is 3.75. The third-order valence-corrected chi connectivity index (χ3v) is 9.48. The van der Waals surface area contributed by atoms with Gasteiger partial charge in [-0.15, -0.1) is 0 Å². The lowest BCUT2D eigenvalue weighted by molar-refractivity contribution is -0.132. The first-order valence-electron chi connectivity index (χ1n) is 15.9. The lowest BCUT2D eigenvalue weighted by Crippen LogP contribution is -2.59. The number of ether oxygens (including phenoxy) is 1. The van der Waals surface area contributed by atoms with Crippen LogP contribution in [-0.4, -0.2) is 74.6 Å². The molecule has 47 heavy (non-hydrogen) atoms. The molecule has 10 nitrogen and oxygen atoms in total. The lowest BCUT2D eigenvalue weighted by Gasteiger charge is -2.34. The number of carbonyl (C=O) groups excluding carboxylic acids is 2. The van der Waals surface area contributed by atoms with Crippen LogP contribution in [0.1, 0.15) is 45.7 Å². The zero-order chi connectivity index (χ0) is 34.6. The average Bonchev–Trinajstić information content (AvgIpc) is 3.03. The Labute approximate surface area is 280 Å². The Morgan fingerprint density at radius 3 is 1.96 bits per heavy atom. The van der Waals surface area contributed by atoms with Crippen LogP contribution in [0.3, 0.4) is 0 Å². The summed E-state index contributed by atoms with van der Waals surface area (Å²) < 4.78 is 34.0. The van der Waals surface area contributed by atoms with Crippen LogP contribution in [0.25, 0.3) is 0 Å². The van der Waals surface area contributed by atoms with Gasteiger partial charge in [0.05, 0.1) is 30.7 Å². The molecule has 0 heterocycles. The van der Waals surface area contributed by atoms with Crippen molar-refractivity contribution in [2.45, 2.75) is 70.7 Å². The first kappa shape index (κ1) is 37.7. The largest absolute Gasteiger partial charge is 0.497 e. The molecule has 3 atom stereocenters. The highest BCUT2D eigenvalue weighted by molar-refractivity contribution is 7.89. The van der Waals surface area contributed by atoms with Crippen molar-refractivity contribution < 1.29 is 27.9 Å². The van der Waals surface area contributed by atoms with Gasteiger partial charge < -0.3 is 25.8 Å². The van der Waals surface area contributed by atoms with Crippen molar-refractivity contribution in [2.24, 2.45) is 11.3 Å². The third-order valence-electron chi connectivity index (χ3n) is 7.64. The summed E-state index contributed by atoms with van der Waals surface area (Å²) in [6.07, 6.45) is -1.02. The zero-order valence-corrected chi connectivity index (χ0v) is 29.1. The third kappa shape index (κ3) is 11.8. The molecule has 0 aliphatic carbocycles. The van der Waals surface area contributed by atoms with E-state index in [0.29, 0.717) is 12.3 Å². The number of sulfonamides is 1. The summed E-state index contributed by atoms with van der Waals surface area (Å²) in [5, 5.41) is 20.6. The summed E-state index contributed by atoms with van der Waals surface area (Å²) in [7, 11) is -2.49. The Balaban J connectivity index is 1.81. The second kappa shape index (κ2) is 17.4. The van der Waals surface area contributed by atoms with Gasteiger partial charge in [0, 0.05) is 19.6 Å². The first-order chi connectivity index (χ1) is 22.2. The molecule has 0 saturated heterocycles. The van der Waals surface area contributed by atoms with Gasteiger partial charge in [0.1, 0.15) is 11.8 Å².